The maximum atomic E-state index is 11.4. The van der Waals surface area contributed by atoms with Gasteiger partial charge in [-0.25, -0.2) is 4.79 Å². The summed E-state index contributed by atoms with van der Waals surface area (Å²) in [6, 6.07) is 0. The molecule has 0 saturated heterocycles. The molecule has 12 heteroatoms. The monoisotopic (exact) mass is 888 g/mol. The van der Waals surface area contributed by atoms with Gasteiger partial charge in [-0.3, -0.25) is 0 Å². The Hall–Kier alpha value is -1.62. The predicted molar refractivity (Wildman–Crippen MR) is 260 cm³/mol. The molecule has 10 nitrogen and oxygen atoms in total. The summed E-state index contributed by atoms with van der Waals surface area (Å²) in [5.41, 5.74) is -0.0759. The van der Waals surface area contributed by atoms with Crippen LogP contribution in [0.1, 0.15) is 141 Å². The lowest BCUT2D eigenvalue weighted by Crippen LogP contribution is -2.44. The van der Waals surface area contributed by atoms with Crippen molar-refractivity contribution in [1.29, 1.82) is 0 Å². The highest BCUT2D eigenvalue weighted by Crippen LogP contribution is 2.38. The number of carbonyl (C=O) groups excluding carboxylic acids is 1. The molecule has 0 aromatic carbocycles. The third-order valence-corrected chi connectivity index (χ3v) is 19.5. The van der Waals surface area contributed by atoms with Crippen molar-refractivity contribution < 1.29 is 43.5 Å². The van der Waals surface area contributed by atoms with Crippen LogP contribution in [0.2, 0.25) is 36.3 Å². The summed E-state index contributed by atoms with van der Waals surface area (Å²) in [5.74, 6) is 0.597. The molecule has 1 aliphatic rings. The molecule has 0 bridgehead atoms. The molecule has 0 aliphatic heterocycles. The van der Waals surface area contributed by atoms with Gasteiger partial charge in [-0.2, -0.15) is 0 Å². The summed E-state index contributed by atoms with van der Waals surface area (Å²) in [4.78, 5) is 11.4. The molecular weight excluding hydrogens is 791 g/mol. The first-order chi connectivity index (χ1) is 27.6. The first-order valence-electron chi connectivity index (χ1n) is 22.7. The van der Waals surface area contributed by atoms with Crippen molar-refractivity contribution in [2.24, 2.45) is 11.3 Å². The number of amides is 1. The quantitative estimate of drug-likeness (QED) is 0.0384. The Morgan fingerprint density at radius 1 is 0.717 bits per heavy atom. The molecule has 1 rings (SSSR count). The van der Waals surface area contributed by atoms with E-state index in [1.807, 2.05) is 6.92 Å². The van der Waals surface area contributed by atoms with Gasteiger partial charge in [0.1, 0.15) is 6.61 Å². The van der Waals surface area contributed by atoms with Gasteiger partial charge in [-0.05, 0) is 108 Å². The Morgan fingerprint density at radius 2 is 1.18 bits per heavy atom. The van der Waals surface area contributed by atoms with E-state index >= 15 is 0 Å². The maximum Gasteiger partial charge on any atom is 0.407 e. The molecule has 0 fully saturated rings. The fourth-order valence-corrected chi connectivity index (χ4v) is 7.63. The largest absolute Gasteiger partial charge is 0.447 e. The molecule has 1 amide bonds. The number of hydrogen-bond donors (Lipinski definition) is 5. The summed E-state index contributed by atoms with van der Waals surface area (Å²) < 4.78 is 22.5. The third-order valence-electron chi connectivity index (χ3n) is 10.3. The van der Waals surface area contributed by atoms with Crippen molar-refractivity contribution in [3.8, 4) is 0 Å². The van der Waals surface area contributed by atoms with Gasteiger partial charge in [-0.1, -0.05) is 124 Å². The number of nitrogens with one attached hydrogen (secondary N) is 1. The summed E-state index contributed by atoms with van der Waals surface area (Å²) in [6.45, 7) is 38.2. The fraction of sp³-hybridized carbons (Fsp3) is 0.812. The van der Waals surface area contributed by atoms with Crippen LogP contribution in [0, 0.1) is 11.3 Å². The van der Waals surface area contributed by atoms with Gasteiger partial charge in [-0.15, -0.1) is 0 Å². The van der Waals surface area contributed by atoms with Crippen molar-refractivity contribution in [1.82, 2.24) is 5.32 Å². The van der Waals surface area contributed by atoms with Crippen molar-refractivity contribution in [2.45, 2.75) is 202 Å². The first-order valence-corrected chi connectivity index (χ1v) is 28.6. The second-order valence-electron chi connectivity index (χ2n) is 19.7. The van der Waals surface area contributed by atoms with Gasteiger partial charge in [0, 0.05) is 18.6 Å². The molecule has 0 heterocycles. The number of hydrogen-bond acceptors (Lipinski definition) is 9. The van der Waals surface area contributed by atoms with E-state index in [0.717, 1.165) is 38.7 Å². The van der Waals surface area contributed by atoms with Crippen LogP contribution < -0.4 is 5.32 Å². The van der Waals surface area contributed by atoms with Gasteiger partial charge >= 0.3 is 6.09 Å². The van der Waals surface area contributed by atoms with E-state index in [4.69, 9.17) is 38.8 Å². The molecule has 4 atom stereocenters. The molecule has 0 aromatic heterocycles. The molecule has 0 radical (unpaired) electrons. The standard InChI is InChI=1S/C23H37NO3.C13H30O2Si.C9H22O2Si.C3H8O2/c1-3-4-5-6-10-15-23(17-12-9-13-18-23)16-11-7-8-14-19-24-22(26)27-20-21(2)25;1-11(2)9-14-10-12(3)15-16(7,8)13(4,5)6;1-8(7-10)11-12(5,6)9(2,3)4;1-3(5)2-4/h10-13,15-18,21,25H,3-9,14,19-20H2,1-2H3,(H,24,26);11-12H,9-10H2,1-8H3;8,10H,7H2,1-6H3;3-5H,2H2,1H3/b15-10-,16-11-;;;/t21-;12-;8-;3-/m0000/s1. The van der Waals surface area contributed by atoms with E-state index in [9.17, 15) is 4.79 Å². The second-order valence-corrected chi connectivity index (χ2v) is 29.2. The Bertz CT molecular complexity index is 1160. The Morgan fingerprint density at radius 3 is 1.58 bits per heavy atom. The van der Waals surface area contributed by atoms with Crippen molar-refractivity contribution in [3.05, 3.63) is 48.6 Å². The number of rotatable bonds is 23. The highest BCUT2D eigenvalue weighted by atomic mass is 28.4. The highest BCUT2D eigenvalue weighted by molar-refractivity contribution is 6.74. The van der Waals surface area contributed by atoms with Crippen LogP contribution in [0.3, 0.4) is 0 Å². The topological polar surface area (TPSA) is 147 Å². The van der Waals surface area contributed by atoms with Crippen LogP contribution in [-0.2, 0) is 18.3 Å². The lowest BCUT2D eigenvalue weighted by Gasteiger charge is -2.38. The average molecular weight is 888 g/mol. The number of carbonyl (C=O) groups is 1. The summed E-state index contributed by atoms with van der Waals surface area (Å²) in [7, 11) is -3.27. The Kier molecular flexibility index (Phi) is 35.4. The summed E-state index contributed by atoms with van der Waals surface area (Å²) in [6.07, 6.45) is 25.5. The molecule has 0 saturated carbocycles. The zero-order chi connectivity index (χ0) is 47.1. The third kappa shape index (κ3) is 34.9. The smallest absolute Gasteiger partial charge is 0.407 e. The van der Waals surface area contributed by atoms with Crippen LogP contribution in [-0.4, -0.2) is 107 Å². The summed E-state index contributed by atoms with van der Waals surface area (Å²) in [5, 5.41) is 37.1. The molecule has 60 heavy (non-hydrogen) atoms. The fourth-order valence-electron chi connectivity index (χ4n) is 4.77. The first kappa shape index (κ1) is 62.7. The van der Waals surface area contributed by atoms with Crippen LogP contribution in [0.25, 0.3) is 0 Å². The van der Waals surface area contributed by atoms with E-state index in [1.54, 1.807) is 6.92 Å². The minimum Gasteiger partial charge on any atom is -0.447 e. The van der Waals surface area contributed by atoms with E-state index in [2.05, 4.69) is 149 Å². The van der Waals surface area contributed by atoms with E-state index in [-0.39, 0.29) is 47.5 Å². The minimum absolute atomic E-state index is 0.0223. The average Bonchev–Trinajstić information content (AvgIpc) is 3.13. The molecule has 0 spiro atoms. The van der Waals surface area contributed by atoms with Crippen LogP contribution >= 0.6 is 0 Å². The van der Waals surface area contributed by atoms with Gasteiger partial charge in [0.05, 0.1) is 44.2 Å². The van der Waals surface area contributed by atoms with E-state index in [0.29, 0.717) is 19.1 Å². The van der Waals surface area contributed by atoms with Crippen molar-refractivity contribution in [3.63, 3.8) is 0 Å². The molecule has 356 valence electrons. The molecule has 5 N–H and O–H groups in total. The lowest BCUT2D eigenvalue weighted by atomic mass is 9.82. The molecular formula is C48H97NO9Si2. The maximum absolute atomic E-state index is 11.4. The van der Waals surface area contributed by atoms with Gasteiger partial charge in [0.25, 0.3) is 0 Å². The van der Waals surface area contributed by atoms with Crippen LogP contribution in [0.4, 0.5) is 4.79 Å². The summed E-state index contributed by atoms with van der Waals surface area (Å²) >= 11 is 0. The van der Waals surface area contributed by atoms with Crippen molar-refractivity contribution >= 4 is 22.7 Å². The van der Waals surface area contributed by atoms with Crippen LogP contribution in [0.5, 0.6) is 0 Å². The molecule has 1 aliphatic carbocycles. The Balaban J connectivity index is -0.000000833. The number of alkyl carbamates (subject to hydrolysis) is 1. The molecule has 0 aromatic rings. The number of ether oxygens (including phenoxy) is 2. The minimum atomic E-state index is -1.65. The van der Waals surface area contributed by atoms with Crippen molar-refractivity contribution in [2.75, 3.05) is 39.6 Å². The normalized spacial score (nSPS) is 16.2. The number of unbranched alkanes of at least 4 members (excludes halogenated alkanes) is 5. The van der Waals surface area contributed by atoms with E-state index in [1.165, 1.54) is 26.2 Å². The SMILES string of the molecule is CC(C)COC[C@H](C)O[Si](C)(C)C(C)(C)C.CCCCC/C=C\C1(/C=C\CCCCNC(=O)OC[C@H](C)O)C=CCC=C1.C[C@@H](CO)O[Si](C)(C)C(C)(C)C.C[C@H](O)CO. The van der Waals surface area contributed by atoms with Crippen LogP contribution in [0.15, 0.2) is 48.6 Å². The predicted octanol–water partition coefficient (Wildman–Crippen LogP) is 11.3. The second kappa shape index (κ2) is 33.9. The zero-order valence-corrected chi connectivity index (χ0v) is 43.7. The van der Waals surface area contributed by atoms with Gasteiger partial charge in [0.2, 0.25) is 0 Å². The Labute approximate surface area is 371 Å². The number of aliphatic hydroxyl groups is 4. The lowest BCUT2D eigenvalue weighted by molar-refractivity contribution is 0.0395. The number of allylic oxidation sites excluding steroid dienone is 8. The zero-order valence-electron chi connectivity index (χ0n) is 41.7. The van der Waals surface area contributed by atoms with E-state index < -0.39 is 34.9 Å². The van der Waals surface area contributed by atoms with Gasteiger partial charge in [0.15, 0.2) is 16.6 Å². The number of aliphatic hydroxyl groups excluding tert-OH is 4. The highest BCUT2D eigenvalue weighted by Gasteiger charge is 2.39. The van der Waals surface area contributed by atoms with Gasteiger partial charge < -0.3 is 44.1 Å². The molecule has 0 unspecified atom stereocenters.